The number of piperidine rings is 1. The second-order valence-corrected chi connectivity index (χ2v) is 4.14. The van der Waals surface area contributed by atoms with Gasteiger partial charge in [0.15, 0.2) is 5.82 Å². The number of hydrogen-bond donors (Lipinski definition) is 1. The maximum atomic E-state index is 4.20. The van der Waals surface area contributed by atoms with E-state index in [0.717, 1.165) is 24.6 Å². The molecule has 1 saturated heterocycles. The number of hydrogen-bond acceptors (Lipinski definition) is 4. The summed E-state index contributed by atoms with van der Waals surface area (Å²) in [6.45, 7) is 4.15. The third kappa shape index (κ3) is 2.45. The average Bonchev–Trinajstić information content (AvgIpc) is 2.30. The Bertz CT molecular complexity index is 303. The lowest BCUT2D eigenvalue weighted by Gasteiger charge is -2.32. The summed E-state index contributed by atoms with van der Waals surface area (Å²) in [4.78, 5) is 2.22. The summed E-state index contributed by atoms with van der Waals surface area (Å²) in [6.07, 6.45) is 2.48. The predicted octanol–water partition coefficient (Wildman–Crippen LogP) is 0.973. The molecular weight excluding hydrogens is 188 g/mol. The van der Waals surface area contributed by atoms with Crippen LogP contribution in [0.4, 0.5) is 5.82 Å². The van der Waals surface area contributed by atoms with E-state index < -0.39 is 0 Å². The van der Waals surface area contributed by atoms with Gasteiger partial charge in [0.2, 0.25) is 0 Å². The molecule has 1 aromatic heterocycles. The van der Waals surface area contributed by atoms with Gasteiger partial charge in [-0.05, 0) is 38.4 Å². The van der Waals surface area contributed by atoms with Crippen molar-refractivity contribution in [3.05, 3.63) is 17.8 Å². The second kappa shape index (κ2) is 4.57. The van der Waals surface area contributed by atoms with Gasteiger partial charge >= 0.3 is 0 Å². The van der Waals surface area contributed by atoms with Crippen molar-refractivity contribution in [1.29, 1.82) is 0 Å². The summed E-state index contributed by atoms with van der Waals surface area (Å²) in [5, 5.41) is 11.7. The summed E-state index contributed by atoms with van der Waals surface area (Å²) in [7, 11) is 2.09. The van der Waals surface area contributed by atoms with Gasteiger partial charge in [-0.25, -0.2) is 0 Å². The Kier molecular flexibility index (Phi) is 3.16. The zero-order chi connectivity index (χ0) is 10.7. The molecule has 1 atom stereocenters. The van der Waals surface area contributed by atoms with Crippen LogP contribution in [0.2, 0.25) is 0 Å². The highest BCUT2D eigenvalue weighted by molar-refractivity contribution is 5.37. The van der Waals surface area contributed by atoms with Crippen LogP contribution in [0.5, 0.6) is 0 Å². The van der Waals surface area contributed by atoms with E-state index in [0.29, 0.717) is 6.04 Å². The van der Waals surface area contributed by atoms with Crippen LogP contribution in [-0.2, 0) is 0 Å². The fourth-order valence-corrected chi connectivity index (χ4v) is 1.93. The summed E-state index contributed by atoms with van der Waals surface area (Å²) in [6, 6.07) is 4.60. The molecule has 0 saturated carbocycles. The molecule has 1 fully saturated rings. The molecule has 1 aliphatic heterocycles. The van der Waals surface area contributed by atoms with E-state index in [1.54, 1.807) is 0 Å². The SMILES string of the molecule is Cc1ccc(N(C)[C@H]2CCCNC2)nn1. The molecule has 2 heterocycles. The zero-order valence-electron chi connectivity index (χ0n) is 9.40. The van der Waals surface area contributed by atoms with E-state index in [-0.39, 0.29) is 0 Å². The van der Waals surface area contributed by atoms with Crippen molar-refractivity contribution in [1.82, 2.24) is 15.5 Å². The van der Waals surface area contributed by atoms with Crippen molar-refractivity contribution in [2.45, 2.75) is 25.8 Å². The Morgan fingerprint density at radius 2 is 2.27 bits per heavy atom. The number of anilines is 1. The summed E-state index contributed by atoms with van der Waals surface area (Å²) >= 11 is 0. The number of nitrogens with zero attached hydrogens (tertiary/aromatic N) is 3. The minimum atomic E-state index is 0.552. The first-order valence-corrected chi connectivity index (χ1v) is 5.51. The summed E-state index contributed by atoms with van der Waals surface area (Å²) < 4.78 is 0. The van der Waals surface area contributed by atoms with E-state index in [2.05, 4.69) is 27.5 Å². The van der Waals surface area contributed by atoms with Crippen LogP contribution in [0.3, 0.4) is 0 Å². The number of nitrogens with one attached hydrogen (secondary N) is 1. The Hall–Kier alpha value is -1.16. The highest BCUT2D eigenvalue weighted by atomic mass is 15.3. The summed E-state index contributed by atoms with van der Waals surface area (Å²) in [5.41, 5.74) is 0.967. The van der Waals surface area contributed by atoms with Gasteiger partial charge in [0, 0.05) is 19.6 Å². The first kappa shape index (κ1) is 10.4. The molecule has 0 aliphatic carbocycles. The lowest BCUT2D eigenvalue weighted by atomic mass is 10.1. The van der Waals surface area contributed by atoms with Crippen molar-refractivity contribution < 1.29 is 0 Å². The second-order valence-electron chi connectivity index (χ2n) is 4.14. The topological polar surface area (TPSA) is 41.0 Å². The summed E-state index contributed by atoms with van der Waals surface area (Å²) in [5.74, 6) is 0.967. The largest absolute Gasteiger partial charge is 0.354 e. The molecule has 0 radical (unpaired) electrons. The average molecular weight is 206 g/mol. The van der Waals surface area contributed by atoms with Gasteiger partial charge < -0.3 is 10.2 Å². The van der Waals surface area contributed by atoms with Crippen molar-refractivity contribution in [2.75, 3.05) is 25.0 Å². The molecule has 0 spiro atoms. The molecule has 1 N–H and O–H groups in total. The molecule has 2 rings (SSSR count). The molecule has 15 heavy (non-hydrogen) atoms. The predicted molar refractivity (Wildman–Crippen MR) is 61.1 cm³/mol. The van der Waals surface area contributed by atoms with E-state index >= 15 is 0 Å². The van der Waals surface area contributed by atoms with Crippen LogP contribution in [0.1, 0.15) is 18.5 Å². The first-order chi connectivity index (χ1) is 7.27. The van der Waals surface area contributed by atoms with Crippen molar-refractivity contribution >= 4 is 5.82 Å². The van der Waals surface area contributed by atoms with E-state index in [4.69, 9.17) is 0 Å². The minimum Gasteiger partial charge on any atom is -0.354 e. The van der Waals surface area contributed by atoms with Gasteiger partial charge in [0.25, 0.3) is 0 Å². The highest BCUT2D eigenvalue weighted by Crippen LogP contribution is 2.15. The quantitative estimate of drug-likeness (QED) is 0.783. The fraction of sp³-hybridized carbons (Fsp3) is 0.636. The Morgan fingerprint density at radius 3 is 2.87 bits per heavy atom. The first-order valence-electron chi connectivity index (χ1n) is 5.51. The number of rotatable bonds is 2. The van der Waals surface area contributed by atoms with E-state index in [1.165, 1.54) is 12.8 Å². The van der Waals surface area contributed by atoms with Crippen molar-refractivity contribution in [2.24, 2.45) is 0 Å². The van der Waals surface area contributed by atoms with Crippen LogP contribution in [0.25, 0.3) is 0 Å². The van der Waals surface area contributed by atoms with Gasteiger partial charge in [-0.3, -0.25) is 0 Å². The van der Waals surface area contributed by atoms with Gasteiger partial charge in [-0.2, -0.15) is 5.10 Å². The maximum Gasteiger partial charge on any atom is 0.151 e. The van der Waals surface area contributed by atoms with E-state index in [1.807, 2.05) is 19.1 Å². The van der Waals surface area contributed by atoms with Crippen LogP contribution < -0.4 is 10.2 Å². The van der Waals surface area contributed by atoms with Crippen LogP contribution in [0, 0.1) is 6.92 Å². The third-order valence-corrected chi connectivity index (χ3v) is 2.96. The Morgan fingerprint density at radius 1 is 1.40 bits per heavy atom. The smallest absolute Gasteiger partial charge is 0.151 e. The lowest BCUT2D eigenvalue weighted by Crippen LogP contribution is -2.44. The van der Waals surface area contributed by atoms with Gasteiger partial charge in [0.05, 0.1) is 5.69 Å². The van der Waals surface area contributed by atoms with Gasteiger partial charge in [-0.15, -0.1) is 5.10 Å². The number of likely N-dealkylation sites (N-methyl/N-ethyl adjacent to an activating group) is 1. The van der Waals surface area contributed by atoms with Crippen LogP contribution >= 0.6 is 0 Å². The van der Waals surface area contributed by atoms with Crippen LogP contribution in [-0.4, -0.2) is 36.4 Å². The molecule has 0 unspecified atom stereocenters. The van der Waals surface area contributed by atoms with Crippen molar-refractivity contribution in [3.8, 4) is 0 Å². The van der Waals surface area contributed by atoms with Gasteiger partial charge in [-0.1, -0.05) is 0 Å². The third-order valence-electron chi connectivity index (χ3n) is 2.96. The minimum absolute atomic E-state index is 0.552. The molecule has 82 valence electrons. The standard InChI is InChI=1S/C11H18N4/c1-9-5-6-11(14-13-9)15(2)10-4-3-7-12-8-10/h5-6,10,12H,3-4,7-8H2,1-2H3/t10-/m0/s1. The fourth-order valence-electron chi connectivity index (χ4n) is 1.93. The Balaban J connectivity index is 2.05. The monoisotopic (exact) mass is 206 g/mol. The normalized spacial score (nSPS) is 21.3. The van der Waals surface area contributed by atoms with Crippen LogP contribution in [0.15, 0.2) is 12.1 Å². The number of aryl methyl sites for hydroxylation is 1. The molecule has 0 aromatic carbocycles. The molecule has 1 aromatic rings. The molecule has 0 amide bonds. The molecule has 1 aliphatic rings. The lowest BCUT2D eigenvalue weighted by molar-refractivity contribution is 0.442. The maximum absolute atomic E-state index is 4.20. The molecule has 4 heteroatoms. The van der Waals surface area contributed by atoms with E-state index in [9.17, 15) is 0 Å². The highest BCUT2D eigenvalue weighted by Gasteiger charge is 2.18. The molecular formula is C11H18N4. The molecule has 4 nitrogen and oxygen atoms in total. The zero-order valence-corrected chi connectivity index (χ0v) is 9.40. The number of aromatic nitrogens is 2. The van der Waals surface area contributed by atoms with Gasteiger partial charge in [0.1, 0.15) is 0 Å². The molecule has 0 bridgehead atoms. The van der Waals surface area contributed by atoms with Crippen molar-refractivity contribution in [3.63, 3.8) is 0 Å². The Labute approximate surface area is 90.7 Å².